The first-order valence-electron chi connectivity index (χ1n) is 40.6. The summed E-state index contributed by atoms with van der Waals surface area (Å²) in [5.74, 6) is 0. The zero-order valence-corrected chi connectivity index (χ0v) is 65.4. The van der Waals surface area contributed by atoms with Gasteiger partial charge in [-0.05, 0) is 237 Å². The predicted molar refractivity (Wildman–Crippen MR) is 496 cm³/mol. The van der Waals surface area contributed by atoms with Gasteiger partial charge in [0, 0.05) is 65.1 Å². The molecule has 2 heterocycles. The lowest BCUT2D eigenvalue weighted by molar-refractivity contribution is 0.668. The van der Waals surface area contributed by atoms with Crippen molar-refractivity contribution < 1.29 is 4.42 Å². The summed E-state index contributed by atoms with van der Waals surface area (Å²) in [6, 6.07) is 168. The number of hydrogen-bond acceptors (Lipinski definition) is 4. The summed E-state index contributed by atoms with van der Waals surface area (Å²) in [6.45, 7) is 0. The van der Waals surface area contributed by atoms with Gasteiger partial charge in [0.1, 0.15) is 11.2 Å². The molecule has 0 fully saturated rings. The van der Waals surface area contributed by atoms with Crippen LogP contribution in [0.3, 0.4) is 0 Å². The van der Waals surface area contributed by atoms with Crippen molar-refractivity contribution >= 4 is 98.3 Å². The Morgan fingerprint density at radius 2 is 0.585 bits per heavy atom. The normalized spacial score (nSPS) is 13.5. The van der Waals surface area contributed by atoms with E-state index in [1.54, 1.807) is 0 Å². The Morgan fingerprint density at radius 1 is 0.195 bits per heavy atom. The van der Waals surface area contributed by atoms with Gasteiger partial charge in [-0.25, -0.2) is 0 Å². The van der Waals surface area contributed by atoms with Crippen molar-refractivity contribution in [1.82, 2.24) is 0 Å². The molecule has 0 radical (unpaired) electrons. The molecule has 4 heteroatoms. The minimum Gasteiger partial charge on any atom is -0.456 e. The fraction of sp³-hybridized carbons (Fsp3) is 0.0175. The van der Waals surface area contributed by atoms with Gasteiger partial charge in [0.05, 0.1) is 10.8 Å². The average molecular weight is 1520 g/mol. The zero-order valence-electron chi connectivity index (χ0n) is 64.6. The molecule has 1 unspecified atom stereocenters. The summed E-state index contributed by atoms with van der Waals surface area (Å²) in [7, 11) is 0. The van der Waals surface area contributed by atoms with E-state index in [9.17, 15) is 0 Å². The van der Waals surface area contributed by atoms with Gasteiger partial charge in [-0.15, -0.1) is 11.3 Å². The number of rotatable bonds is 14. The van der Waals surface area contributed by atoms with Crippen LogP contribution in [0.25, 0.3) is 120 Å². The van der Waals surface area contributed by atoms with Gasteiger partial charge < -0.3 is 14.2 Å². The largest absolute Gasteiger partial charge is 0.456 e. The van der Waals surface area contributed by atoms with Gasteiger partial charge in [0.15, 0.2) is 0 Å². The minimum atomic E-state index is -0.512. The molecule has 554 valence electrons. The van der Waals surface area contributed by atoms with Gasteiger partial charge in [0.25, 0.3) is 0 Å². The Hall–Kier alpha value is -14.9. The fourth-order valence-corrected chi connectivity index (χ4v) is 20.5. The quantitative estimate of drug-likeness (QED) is 0.108. The first-order valence-corrected chi connectivity index (χ1v) is 41.4. The highest BCUT2D eigenvalue weighted by Gasteiger charge is 2.48. The Kier molecular flexibility index (Phi) is 17.2. The maximum Gasteiger partial charge on any atom is 0.136 e. The van der Waals surface area contributed by atoms with Gasteiger partial charge in [0.2, 0.25) is 0 Å². The number of fused-ring (bicyclic) bond motifs is 13. The van der Waals surface area contributed by atoms with E-state index in [-0.39, 0.29) is 0 Å². The van der Waals surface area contributed by atoms with Crippen LogP contribution in [0.4, 0.5) is 34.1 Å². The smallest absolute Gasteiger partial charge is 0.136 e. The summed E-state index contributed by atoms with van der Waals surface area (Å²) in [6.07, 6.45) is 0. The number of hydrogen-bond donors (Lipinski definition) is 0. The van der Waals surface area contributed by atoms with E-state index in [1.165, 1.54) is 131 Å². The highest BCUT2D eigenvalue weighted by atomic mass is 32.1. The molecule has 3 nitrogen and oxygen atoms in total. The molecule has 118 heavy (non-hydrogen) atoms. The third-order valence-electron chi connectivity index (χ3n) is 24.5. The summed E-state index contributed by atoms with van der Waals surface area (Å²) in [5, 5.41) is 7.32. The molecule has 0 saturated carbocycles. The van der Waals surface area contributed by atoms with Crippen molar-refractivity contribution in [1.29, 1.82) is 0 Å². The second-order valence-electron chi connectivity index (χ2n) is 30.9. The highest BCUT2D eigenvalue weighted by Crippen LogP contribution is 2.60. The van der Waals surface area contributed by atoms with Crippen molar-refractivity contribution in [2.75, 3.05) is 9.80 Å². The van der Waals surface area contributed by atoms with Crippen LogP contribution in [0, 0.1) is 0 Å². The Bertz CT molecular complexity index is 7300. The third kappa shape index (κ3) is 11.7. The lowest BCUT2D eigenvalue weighted by Crippen LogP contribution is -2.28. The van der Waals surface area contributed by atoms with Crippen molar-refractivity contribution in [3.63, 3.8) is 0 Å². The molecule has 19 aromatic carbocycles. The van der Waals surface area contributed by atoms with E-state index in [0.717, 1.165) is 67.2 Å². The number of furan rings is 1. The number of anilines is 6. The standard InChI is InChI=1S/C59H39NO.C55H37NS/c1-4-15-40(16-5-1)41-27-31-49(32-28-41)60(48-22-8-3-9-23-48)50-24-14-19-42(35-50)45-29-33-52-54-39-47(30-34-57(54)61-58(52)38-45)59(46-20-6-2-7-21-46)55-26-13-12-25-51(55)53-36-43-17-10-11-18-44(43)37-56(53)59;1-4-16-38(17-5-1)39-30-33-44(34-31-39)56(43-21-8-3-9-22-43)45-23-14-18-40(36-45)41-32-35-48-49-26-15-29-52(54(49)57-53(48)37-41)55(42-19-6-2-7-20-42)50-27-12-10-24-46(50)47-25-11-13-28-51(47)55/h1-39H;1-37H. The van der Waals surface area contributed by atoms with Crippen LogP contribution in [0.5, 0.6) is 0 Å². The lowest BCUT2D eigenvalue weighted by atomic mass is 9.67. The zero-order chi connectivity index (χ0) is 78.1. The topological polar surface area (TPSA) is 19.6 Å². The first kappa shape index (κ1) is 69.7. The van der Waals surface area contributed by atoms with Gasteiger partial charge in [-0.3, -0.25) is 0 Å². The number of para-hydroxylation sites is 2. The molecule has 2 aliphatic carbocycles. The van der Waals surface area contributed by atoms with Crippen molar-refractivity contribution in [2.24, 2.45) is 0 Å². The maximum atomic E-state index is 6.72. The van der Waals surface area contributed by atoms with Crippen molar-refractivity contribution in [3.05, 3.63) is 506 Å². The van der Waals surface area contributed by atoms with Crippen LogP contribution in [-0.4, -0.2) is 0 Å². The molecule has 1 atom stereocenters. The first-order chi connectivity index (χ1) is 58.5. The number of thiophene rings is 1. The van der Waals surface area contributed by atoms with E-state index in [2.05, 4.69) is 471 Å². The van der Waals surface area contributed by atoms with Crippen LogP contribution in [-0.2, 0) is 10.8 Å². The van der Waals surface area contributed by atoms with Crippen LogP contribution >= 0.6 is 11.3 Å². The van der Waals surface area contributed by atoms with Crippen LogP contribution in [0.2, 0.25) is 0 Å². The van der Waals surface area contributed by atoms with Crippen molar-refractivity contribution in [3.8, 4) is 66.8 Å². The van der Waals surface area contributed by atoms with E-state index in [0.29, 0.717) is 0 Å². The van der Waals surface area contributed by atoms with E-state index in [1.807, 2.05) is 11.3 Å². The molecule has 0 N–H and O–H groups in total. The fourth-order valence-electron chi connectivity index (χ4n) is 19.1. The SMILES string of the molecule is c1ccc(-c2ccc(N(c3ccccc3)c3cccc(-c4ccc5c(c4)oc4ccc(C6(c7ccccc7)c7ccccc7-c7cc8ccccc8cc76)cc45)c3)cc2)cc1.c1ccc(-c2ccc(N(c3ccccc3)c3cccc(-c4ccc5c(c4)sc4c(C6(c7ccccc7)c7ccccc7-c7ccccc76)cccc45)c3)cc2)cc1. The molecule has 0 saturated heterocycles. The summed E-state index contributed by atoms with van der Waals surface area (Å²) >= 11 is 1.92. The van der Waals surface area contributed by atoms with Crippen LogP contribution < -0.4 is 9.80 Å². The van der Waals surface area contributed by atoms with E-state index < -0.39 is 10.8 Å². The van der Waals surface area contributed by atoms with Crippen LogP contribution in [0.1, 0.15) is 44.5 Å². The molecule has 0 bridgehead atoms. The monoisotopic (exact) mass is 1520 g/mol. The van der Waals surface area contributed by atoms with Crippen molar-refractivity contribution in [2.45, 2.75) is 10.8 Å². The molecular weight excluding hydrogens is 1450 g/mol. The Balaban J connectivity index is 0.000000143. The minimum absolute atomic E-state index is 0.438. The molecule has 0 amide bonds. The molecule has 21 aromatic rings. The molecule has 2 aliphatic rings. The highest BCUT2D eigenvalue weighted by molar-refractivity contribution is 7.26. The van der Waals surface area contributed by atoms with E-state index >= 15 is 0 Å². The average Bonchev–Trinajstić information content (AvgIpc) is 1.53. The lowest BCUT2D eigenvalue weighted by Gasteiger charge is -2.34. The maximum absolute atomic E-state index is 6.72. The predicted octanol–water partition coefficient (Wildman–Crippen LogP) is 31.1. The van der Waals surface area contributed by atoms with Gasteiger partial charge in [-0.1, -0.05) is 346 Å². The summed E-state index contributed by atoms with van der Waals surface area (Å²) in [4.78, 5) is 4.67. The molecule has 0 spiro atoms. The molecule has 0 aliphatic heterocycles. The van der Waals surface area contributed by atoms with Crippen LogP contribution in [0.15, 0.2) is 465 Å². The second-order valence-corrected chi connectivity index (χ2v) is 32.0. The molecule has 2 aromatic heterocycles. The van der Waals surface area contributed by atoms with Gasteiger partial charge >= 0.3 is 0 Å². The third-order valence-corrected chi connectivity index (χ3v) is 25.7. The summed E-state index contributed by atoms with van der Waals surface area (Å²) < 4.78 is 9.35. The summed E-state index contributed by atoms with van der Waals surface area (Å²) in [5.41, 5.74) is 32.5. The number of nitrogens with zero attached hydrogens (tertiary/aromatic N) is 2. The Morgan fingerprint density at radius 3 is 1.14 bits per heavy atom. The number of benzene rings is 19. The Labute approximate surface area is 690 Å². The second kappa shape index (κ2) is 29.2. The van der Waals surface area contributed by atoms with Gasteiger partial charge in [-0.2, -0.15) is 0 Å². The molecule has 23 rings (SSSR count). The molecular formula is C114H76N2OS. The van der Waals surface area contributed by atoms with E-state index in [4.69, 9.17) is 4.42 Å².